The number of primary sulfonamides is 1. The van der Waals surface area contributed by atoms with E-state index in [0.717, 1.165) is 10.7 Å². The van der Waals surface area contributed by atoms with Crippen molar-refractivity contribution in [3.63, 3.8) is 0 Å². The van der Waals surface area contributed by atoms with Crippen molar-refractivity contribution in [3.05, 3.63) is 34.6 Å². The molecule has 0 bridgehead atoms. The maximum Gasteiger partial charge on any atom is 0.338 e. The predicted octanol–water partition coefficient (Wildman–Crippen LogP) is -1.43. The summed E-state index contributed by atoms with van der Waals surface area (Å²) in [6.45, 7) is -0.597. The van der Waals surface area contributed by atoms with Crippen LogP contribution in [0.1, 0.15) is 10.4 Å². The van der Waals surface area contributed by atoms with Gasteiger partial charge in [-0.25, -0.2) is 23.0 Å². The number of carbonyl (C=O) groups is 1. The van der Waals surface area contributed by atoms with E-state index in [1.165, 1.54) is 25.2 Å². The molecule has 0 unspecified atom stereocenters. The van der Waals surface area contributed by atoms with Crippen LogP contribution in [0.3, 0.4) is 0 Å². The first-order valence-corrected chi connectivity index (χ1v) is 10.6. The summed E-state index contributed by atoms with van der Waals surface area (Å²) in [5.74, 6) is -0.809. The lowest BCUT2D eigenvalue weighted by atomic mass is 10.2. The average Bonchev–Trinajstić information content (AvgIpc) is 2.93. The number of ether oxygens (including phenoxy) is 1. The van der Waals surface area contributed by atoms with Gasteiger partial charge in [0, 0.05) is 7.05 Å². The van der Waals surface area contributed by atoms with Crippen LogP contribution in [0.2, 0.25) is 0 Å². The monoisotopic (exact) mass is 422 g/mol. The van der Waals surface area contributed by atoms with E-state index in [4.69, 9.17) is 15.0 Å². The van der Waals surface area contributed by atoms with Crippen molar-refractivity contribution in [2.75, 3.05) is 13.2 Å². The highest BCUT2D eigenvalue weighted by Gasteiger charge is 2.19. The molecule has 0 aliphatic heterocycles. The van der Waals surface area contributed by atoms with E-state index in [0.29, 0.717) is 11.3 Å². The van der Waals surface area contributed by atoms with Gasteiger partial charge in [-0.3, -0.25) is 0 Å². The molecule has 0 spiro atoms. The van der Waals surface area contributed by atoms with Crippen LogP contribution < -0.4 is 9.94 Å². The van der Waals surface area contributed by atoms with E-state index in [2.05, 4.69) is 9.50 Å². The van der Waals surface area contributed by atoms with Gasteiger partial charge in [0.05, 0.1) is 17.1 Å². The molecule has 2 aromatic rings. The van der Waals surface area contributed by atoms with Gasteiger partial charge in [0.1, 0.15) is 6.61 Å². The number of aliphatic hydroxyl groups excluding tert-OH is 1. The second kappa shape index (κ2) is 7.63. The molecule has 0 aliphatic carbocycles. The van der Waals surface area contributed by atoms with Crippen LogP contribution in [-0.4, -0.2) is 50.9 Å². The second-order valence-corrected chi connectivity index (χ2v) is 9.07. The third-order valence-corrected chi connectivity index (χ3v) is 6.51. The number of esters is 1. The van der Waals surface area contributed by atoms with Crippen molar-refractivity contribution in [1.82, 2.24) is 9.78 Å². The van der Waals surface area contributed by atoms with Gasteiger partial charge in [0.25, 0.3) is 20.0 Å². The number of hydrogen-bond acceptors (Lipinski definition) is 9. The standard InChI is InChI=1S/C12H14N4O7S3/c1-16-11(24-12(14-16)25(13,19)20)15-26(21,22)9-4-2-3-8(7-9)10(18)23-6-5-17/h2-4,7,17H,5-6H2,1H3,(H2,13,19,20)/b15-11+. The Bertz CT molecular complexity index is 1100. The third kappa shape index (κ3) is 4.73. The van der Waals surface area contributed by atoms with Crippen molar-refractivity contribution in [2.45, 2.75) is 9.24 Å². The van der Waals surface area contributed by atoms with Gasteiger partial charge < -0.3 is 9.84 Å². The number of nitrogens with two attached hydrogens (primary N) is 1. The van der Waals surface area contributed by atoms with Crippen molar-refractivity contribution >= 4 is 37.4 Å². The molecule has 2 rings (SSSR count). The van der Waals surface area contributed by atoms with Crippen LogP contribution in [0.4, 0.5) is 0 Å². The smallest absolute Gasteiger partial charge is 0.338 e. The molecular formula is C12H14N4O7S3. The zero-order valence-corrected chi connectivity index (χ0v) is 15.7. The summed E-state index contributed by atoms with van der Waals surface area (Å²) in [4.78, 5) is 11.2. The number of aliphatic hydroxyl groups is 1. The Kier molecular flexibility index (Phi) is 5.92. The minimum atomic E-state index is -4.26. The molecule has 1 aromatic carbocycles. The molecule has 14 heteroatoms. The second-order valence-electron chi connectivity index (χ2n) is 4.77. The van der Waals surface area contributed by atoms with E-state index in [9.17, 15) is 21.6 Å². The largest absolute Gasteiger partial charge is 0.460 e. The lowest BCUT2D eigenvalue weighted by Gasteiger charge is -2.04. The summed E-state index contributed by atoms with van der Waals surface area (Å²) >= 11 is 0.483. The maximum absolute atomic E-state index is 12.4. The molecule has 0 saturated carbocycles. The molecular weight excluding hydrogens is 408 g/mol. The van der Waals surface area contributed by atoms with Gasteiger partial charge in [0.15, 0.2) is 0 Å². The van der Waals surface area contributed by atoms with Gasteiger partial charge >= 0.3 is 5.97 Å². The molecule has 0 amide bonds. The molecule has 0 atom stereocenters. The Balaban J connectivity index is 2.46. The number of hydrogen-bond donors (Lipinski definition) is 2. The molecule has 142 valence electrons. The van der Waals surface area contributed by atoms with Crippen LogP contribution in [-0.2, 0) is 31.8 Å². The number of carbonyl (C=O) groups excluding carboxylic acids is 1. The Morgan fingerprint density at radius 2 is 2.08 bits per heavy atom. The quantitative estimate of drug-likeness (QED) is 0.533. The van der Waals surface area contributed by atoms with Crippen molar-refractivity contribution in [2.24, 2.45) is 16.6 Å². The lowest BCUT2D eigenvalue weighted by Crippen LogP contribution is -2.15. The van der Waals surface area contributed by atoms with Crippen molar-refractivity contribution in [3.8, 4) is 0 Å². The van der Waals surface area contributed by atoms with Crippen molar-refractivity contribution < 1.29 is 31.5 Å². The van der Waals surface area contributed by atoms with Crippen LogP contribution in [0.15, 0.2) is 37.9 Å². The van der Waals surface area contributed by atoms with E-state index < -0.39 is 30.4 Å². The Morgan fingerprint density at radius 3 is 2.65 bits per heavy atom. The topological polar surface area (TPSA) is 171 Å². The molecule has 0 aliphatic rings. The first kappa shape index (κ1) is 20.2. The van der Waals surface area contributed by atoms with Crippen LogP contribution in [0, 0.1) is 0 Å². The maximum atomic E-state index is 12.4. The molecule has 0 fully saturated rings. The first-order chi connectivity index (χ1) is 12.0. The van der Waals surface area contributed by atoms with Gasteiger partial charge in [-0.05, 0) is 18.2 Å². The molecule has 11 nitrogen and oxygen atoms in total. The Labute approximate surface area is 152 Å². The fourth-order valence-corrected chi connectivity index (χ4v) is 4.50. The van der Waals surface area contributed by atoms with Crippen molar-refractivity contribution in [1.29, 1.82) is 0 Å². The molecule has 26 heavy (non-hydrogen) atoms. The number of benzene rings is 1. The van der Waals surface area contributed by atoms with Gasteiger partial charge in [-0.1, -0.05) is 17.4 Å². The fourth-order valence-electron chi connectivity index (χ4n) is 1.68. The minimum absolute atomic E-state index is 0.0476. The van der Waals surface area contributed by atoms with Gasteiger partial charge in [-0.2, -0.15) is 8.42 Å². The summed E-state index contributed by atoms with van der Waals surface area (Å²) in [5, 5.41) is 17.2. The van der Waals surface area contributed by atoms with E-state index in [-0.39, 0.29) is 28.5 Å². The lowest BCUT2D eigenvalue weighted by molar-refractivity contribution is 0.0433. The zero-order chi connectivity index (χ0) is 19.5. The molecule has 0 radical (unpaired) electrons. The molecule has 1 heterocycles. The SMILES string of the molecule is Cn1nc(S(N)(=O)=O)s/c1=N/S(=O)(=O)c1cccc(C(=O)OCCO)c1. The zero-order valence-electron chi connectivity index (χ0n) is 13.3. The molecule has 0 saturated heterocycles. The number of aromatic nitrogens is 2. The molecule has 1 aromatic heterocycles. The first-order valence-electron chi connectivity index (χ1n) is 6.80. The minimum Gasteiger partial charge on any atom is -0.460 e. The van der Waals surface area contributed by atoms with Gasteiger partial charge in [0.2, 0.25) is 9.14 Å². The number of sulfonamides is 2. The van der Waals surface area contributed by atoms with Crippen LogP contribution in [0.5, 0.6) is 0 Å². The van der Waals surface area contributed by atoms with E-state index in [1.54, 1.807) is 0 Å². The summed E-state index contributed by atoms with van der Waals surface area (Å²) in [7, 11) is -7.06. The van der Waals surface area contributed by atoms with Crippen LogP contribution in [0.25, 0.3) is 0 Å². The summed E-state index contributed by atoms with van der Waals surface area (Å²) < 4.78 is 56.2. The van der Waals surface area contributed by atoms with Gasteiger partial charge in [-0.15, -0.1) is 9.50 Å². The third-order valence-electron chi connectivity index (χ3n) is 2.82. The van der Waals surface area contributed by atoms with E-state index >= 15 is 0 Å². The summed E-state index contributed by atoms with van der Waals surface area (Å²) in [6, 6.07) is 4.92. The van der Waals surface area contributed by atoms with E-state index in [1.807, 2.05) is 0 Å². The number of nitrogens with zero attached hydrogens (tertiary/aromatic N) is 3. The fraction of sp³-hybridized carbons (Fsp3) is 0.250. The highest BCUT2D eigenvalue weighted by Crippen LogP contribution is 2.15. The molecule has 3 N–H and O–H groups in total. The Hall–Kier alpha value is -2.13. The highest BCUT2D eigenvalue weighted by atomic mass is 32.2. The number of aryl methyl sites for hydroxylation is 1. The predicted molar refractivity (Wildman–Crippen MR) is 89.0 cm³/mol. The average molecular weight is 422 g/mol. The normalized spacial score (nSPS) is 13.0. The number of rotatable bonds is 6. The highest BCUT2D eigenvalue weighted by molar-refractivity contribution is 7.91. The summed E-state index contributed by atoms with van der Waals surface area (Å²) in [5.41, 5.74) is -0.0476. The summed E-state index contributed by atoms with van der Waals surface area (Å²) in [6.07, 6.45) is 0. The van der Waals surface area contributed by atoms with Crippen LogP contribution >= 0.6 is 11.3 Å². The Morgan fingerprint density at radius 1 is 1.38 bits per heavy atom.